The van der Waals surface area contributed by atoms with Crippen molar-refractivity contribution in [3.63, 3.8) is 0 Å². The van der Waals surface area contributed by atoms with Crippen LogP contribution >= 0.6 is 0 Å². The second kappa shape index (κ2) is 4.86. The van der Waals surface area contributed by atoms with Crippen LogP contribution in [0.3, 0.4) is 0 Å². The molecule has 0 spiro atoms. The lowest BCUT2D eigenvalue weighted by molar-refractivity contribution is 0.0828. The molecule has 0 bridgehead atoms. The molecule has 0 saturated carbocycles. The highest BCUT2D eigenvalue weighted by Gasteiger charge is 2.17. The van der Waals surface area contributed by atoms with Gasteiger partial charge < -0.3 is 4.74 Å². The monoisotopic (exact) mass is 182 g/mol. The van der Waals surface area contributed by atoms with Crippen LogP contribution < -0.4 is 11.3 Å². The molecular weight excluding hydrogens is 168 g/mol. The van der Waals surface area contributed by atoms with Crippen molar-refractivity contribution in [3.05, 3.63) is 24.3 Å². The van der Waals surface area contributed by atoms with E-state index < -0.39 is 0 Å². The van der Waals surface area contributed by atoms with Gasteiger partial charge >= 0.3 is 0 Å². The van der Waals surface area contributed by atoms with Crippen LogP contribution in [0, 0.1) is 0 Å². The SMILES string of the molecule is COC(C)C(NN)c1cncnc1. The van der Waals surface area contributed by atoms with E-state index in [-0.39, 0.29) is 12.1 Å². The molecule has 0 radical (unpaired) electrons. The third-order valence-corrected chi connectivity index (χ3v) is 1.96. The second-order valence-corrected chi connectivity index (χ2v) is 2.76. The summed E-state index contributed by atoms with van der Waals surface area (Å²) in [7, 11) is 1.64. The molecule has 0 aliphatic rings. The van der Waals surface area contributed by atoms with E-state index in [9.17, 15) is 0 Å². The molecule has 0 aliphatic carbocycles. The van der Waals surface area contributed by atoms with Crippen LogP contribution in [-0.4, -0.2) is 23.2 Å². The fraction of sp³-hybridized carbons (Fsp3) is 0.500. The van der Waals surface area contributed by atoms with Gasteiger partial charge in [0.1, 0.15) is 6.33 Å². The Labute approximate surface area is 77.3 Å². The highest BCUT2D eigenvalue weighted by molar-refractivity contribution is 5.10. The van der Waals surface area contributed by atoms with Crippen LogP contribution in [0.15, 0.2) is 18.7 Å². The molecular formula is C8H14N4O. The molecule has 1 rings (SSSR count). The van der Waals surface area contributed by atoms with Crippen molar-refractivity contribution in [1.82, 2.24) is 15.4 Å². The maximum Gasteiger partial charge on any atom is 0.115 e. The summed E-state index contributed by atoms with van der Waals surface area (Å²) in [6.45, 7) is 1.93. The molecule has 0 saturated heterocycles. The molecule has 5 heteroatoms. The second-order valence-electron chi connectivity index (χ2n) is 2.76. The largest absolute Gasteiger partial charge is 0.380 e. The summed E-state index contributed by atoms with van der Waals surface area (Å²) in [6.07, 6.45) is 4.89. The van der Waals surface area contributed by atoms with Crippen LogP contribution in [0.25, 0.3) is 0 Å². The molecule has 2 unspecified atom stereocenters. The van der Waals surface area contributed by atoms with E-state index in [1.54, 1.807) is 19.5 Å². The number of ether oxygens (including phenoxy) is 1. The summed E-state index contributed by atoms with van der Waals surface area (Å²) in [6, 6.07) is -0.0776. The topological polar surface area (TPSA) is 73.1 Å². The zero-order valence-electron chi connectivity index (χ0n) is 7.77. The van der Waals surface area contributed by atoms with Crippen LogP contribution in [-0.2, 0) is 4.74 Å². The first kappa shape index (κ1) is 10.0. The number of aromatic nitrogens is 2. The number of nitrogens with two attached hydrogens (primary N) is 1. The van der Waals surface area contributed by atoms with Crippen molar-refractivity contribution >= 4 is 0 Å². The Morgan fingerprint density at radius 3 is 2.54 bits per heavy atom. The number of rotatable bonds is 4. The normalized spacial score (nSPS) is 15.3. The van der Waals surface area contributed by atoms with Gasteiger partial charge in [0, 0.05) is 25.1 Å². The summed E-state index contributed by atoms with van der Waals surface area (Å²) < 4.78 is 5.16. The molecule has 1 aromatic rings. The van der Waals surface area contributed by atoms with Gasteiger partial charge in [0.15, 0.2) is 0 Å². The van der Waals surface area contributed by atoms with Crippen molar-refractivity contribution in [2.24, 2.45) is 5.84 Å². The predicted molar refractivity (Wildman–Crippen MR) is 48.6 cm³/mol. The zero-order valence-corrected chi connectivity index (χ0v) is 7.77. The minimum Gasteiger partial charge on any atom is -0.380 e. The summed E-state index contributed by atoms with van der Waals surface area (Å²) >= 11 is 0. The molecule has 1 aromatic heterocycles. The molecule has 13 heavy (non-hydrogen) atoms. The number of hydrazine groups is 1. The van der Waals surface area contributed by atoms with Gasteiger partial charge in [0.25, 0.3) is 0 Å². The van der Waals surface area contributed by atoms with Gasteiger partial charge in [-0.3, -0.25) is 11.3 Å². The minimum atomic E-state index is -0.0776. The van der Waals surface area contributed by atoms with Crippen molar-refractivity contribution in [2.75, 3.05) is 7.11 Å². The minimum absolute atomic E-state index is 0.0176. The highest BCUT2D eigenvalue weighted by Crippen LogP contribution is 2.15. The fourth-order valence-corrected chi connectivity index (χ4v) is 1.11. The van der Waals surface area contributed by atoms with Gasteiger partial charge in [-0.1, -0.05) is 0 Å². The standard InChI is InChI=1S/C8H14N4O/c1-6(13-2)8(12-9)7-3-10-5-11-4-7/h3-6,8,12H,9H2,1-2H3. The Morgan fingerprint density at radius 2 is 2.08 bits per heavy atom. The molecule has 72 valence electrons. The van der Waals surface area contributed by atoms with Gasteiger partial charge in [-0.15, -0.1) is 0 Å². The van der Waals surface area contributed by atoms with Crippen LogP contribution in [0.1, 0.15) is 18.5 Å². The van der Waals surface area contributed by atoms with Crippen molar-refractivity contribution < 1.29 is 4.74 Å². The van der Waals surface area contributed by atoms with Gasteiger partial charge in [0.05, 0.1) is 12.1 Å². The lowest BCUT2D eigenvalue weighted by Gasteiger charge is -2.21. The fourth-order valence-electron chi connectivity index (χ4n) is 1.11. The average molecular weight is 182 g/mol. The van der Waals surface area contributed by atoms with Gasteiger partial charge in [-0.25, -0.2) is 9.97 Å². The first-order chi connectivity index (χ1) is 6.29. The summed E-state index contributed by atoms with van der Waals surface area (Å²) in [4.78, 5) is 7.82. The van der Waals surface area contributed by atoms with E-state index >= 15 is 0 Å². The first-order valence-corrected chi connectivity index (χ1v) is 4.03. The van der Waals surface area contributed by atoms with E-state index in [2.05, 4.69) is 15.4 Å². The van der Waals surface area contributed by atoms with E-state index in [1.165, 1.54) is 6.33 Å². The highest BCUT2D eigenvalue weighted by atomic mass is 16.5. The maximum atomic E-state index is 5.40. The molecule has 5 nitrogen and oxygen atoms in total. The molecule has 1 heterocycles. The lowest BCUT2D eigenvalue weighted by atomic mass is 10.1. The Balaban J connectivity index is 2.78. The Kier molecular flexibility index (Phi) is 3.75. The predicted octanol–water partition coefficient (Wildman–Crippen LogP) is 0.0159. The van der Waals surface area contributed by atoms with E-state index in [0.29, 0.717) is 0 Å². The Hall–Kier alpha value is -1.04. The Bertz CT molecular complexity index is 241. The molecule has 3 N–H and O–H groups in total. The Morgan fingerprint density at radius 1 is 1.46 bits per heavy atom. The van der Waals surface area contributed by atoms with E-state index in [0.717, 1.165) is 5.56 Å². The smallest absolute Gasteiger partial charge is 0.115 e. The van der Waals surface area contributed by atoms with E-state index in [1.807, 2.05) is 6.92 Å². The van der Waals surface area contributed by atoms with Gasteiger partial charge in [-0.05, 0) is 6.92 Å². The number of nitrogens with zero attached hydrogens (tertiary/aromatic N) is 2. The van der Waals surface area contributed by atoms with Crippen molar-refractivity contribution in [2.45, 2.75) is 19.1 Å². The van der Waals surface area contributed by atoms with Gasteiger partial charge in [-0.2, -0.15) is 0 Å². The lowest BCUT2D eigenvalue weighted by Crippen LogP contribution is -2.36. The van der Waals surface area contributed by atoms with Crippen LogP contribution in [0.4, 0.5) is 0 Å². The number of hydrogen-bond acceptors (Lipinski definition) is 5. The summed E-state index contributed by atoms with van der Waals surface area (Å²) in [5.74, 6) is 5.40. The molecule has 0 fully saturated rings. The third kappa shape index (κ3) is 2.45. The van der Waals surface area contributed by atoms with Crippen molar-refractivity contribution in [1.29, 1.82) is 0 Å². The molecule has 0 amide bonds. The summed E-state index contributed by atoms with van der Waals surface area (Å²) in [5, 5.41) is 0. The van der Waals surface area contributed by atoms with Crippen molar-refractivity contribution in [3.8, 4) is 0 Å². The third-order valence-electron chi connectivity index (χ3n) is 1.96. The van der Waals surface area contributed by atoms with Crippen LogP contribution in [0.2, 0.25) is 0 Å². The van der Waals surface area contributed by atoms with E-state index in [4.69, 9.17) is 10.6 Å². The first-order valence-electron chi connectivity index (χ1n) is 4.03. The summed E-state index contributed by atoms with van der Waals surface area (Å²) in [5.41, 5.74) is 3.58. The number of hydrogen-bond donors (Lipinski definition) is 2. The maximum absolute atomic E-state index is 5.40. The van der Waals surface area contributed by atoms with Crippen LogP contribution in [0.5, 0.6) is 0 Å². The molecule has 0 aromatic carbocycles. The zero-order chi connectivity index (χ0) is 9.68. The molecule has 0 aliphatic heterocycles. The number of nitrogens with one attached hydrogen (secondary N) is 1. The quantitative estimate of drug-likeness (QED) is 0.507. The average Bonchev–Trinajstić information content (AvgIpc) is 2.20. The molecule has 2 atom stereocenters. The number of methoxy groups -OCH3 is 1. The van der Waals surface area contributed by atoms with Gasteiger partial charge in [0.2, 0.25) is 0 Å².